The molecule has 0 amide bonds. The summed E-state index contributed by atoms with van der Waals surface area (Å²) in [4.78, 5) is 4.01. The van der Waals surface area contributed by atoms with E-state index in [0.29, 0.717) is 25.3 Å². The van der Waals surface area contributed by atoms with E-state index in [1.54, 1.807) is 0 Å². The number of nitrogens with one attached hydrogen (secondary N) is 1. The van der Waals surface area contributed by atoms with E-state index < -0.39 is 10.0 Å². The fourth-order valence-electron chi connectivity index (χ4n) is 1.84. The zero-order chi connectivity index (χ0) is 14.4. The van der Waals surface area contributed by atoms with Crippen LogP contribution in [0, 0.1) is 17.8 Å². The molecule has 3 N–H and O–H groups in total. The van der Waals surface area contributed by atoms with E-state index in [2.05, 4.69) is 21.5 Å². The van der Waals surface area contributed by atoms with Crippen LogP contribution in [0.3, 0.4) is 0 Å². The van der Waals surface area contributed by atoms with E-state index >= 15 is 0 Å². The van der Waals surface area contributed by atoms with Gasteiger partial charge in [-0.1, -0.05) is 11.8 Å². The van der Waals surface area contributed by atoms with Crippen LogP contribution in [0.1, 0.15) is 12.0 Å². The fourth-order valence-corrected chi connectivity index (χ4v) is 2.95. The van der Waals surface area contributed by atoms with Crippen molar-refractivity contribution in [3.63, 3.8) is 0 Å². The molecule has 1 fully saturated rings. The molecule has 6 nitrogen and oxygen atoms in total. The van der Waals surface area contributed by atoms with Gasteiger partial charge in [0.1, 0.15) is 4.90 Å². The summed E-state index contributed by atoms with van der Waals surface area (Å²) in [5.74, 6) is 5.66. The van der Waals surface area contributed by atoms with Gasteiger partial charge in [0.15, 0.2) is 0 Å². The zero-order valence-corrected chi connectivity index (χ0v) is 11.8. The van der Waals surface area contributed by atoms with Crippen molar-refractivity contribution in [1.29, 1.82) is 0 Å². The van der Waals surface area contributed by atoms with Crippen LogP contribution in [0.4, 0.5) is 0 Å². The second kappa shape index (κ2) is 6.81. The Hall–Kier alpha value is -1.46. The third-order valence-corrected chi connectivity index (χ3v) is 4.33. The molecule has 7 heteroatoms. The second-order valence-electron chi connectivity index (χ2n) is 4.50. The molecule has 1 aromatic rings. The molecule has 0 radical (unpaired) electrons. The van der Waals surface area contributed by atoms with E-state index in [1.165, 1.54) is 18.5 Å². The number of aromatic nitrogens is 1. The van der Waals surface area contributed by atoms with Crippen molar-refractivity contribution in [3.05, 3.63) is 24.0 Å². The summed E-state index contributed by atoms with van der Waals surface area (Å²) in [6, 6.07) is 1.49. The van der Waals surface area contributed by atoms with Gasteiger partial charge in [-0.3, -0.25) is 4.98 Å². The standard InChI is InChI=1S/C13H17N3O3S/c14-4-1-2-11-6-13(9-15-7-11)20(17,18)16-8-12-3-5-19-10-12/h6-7,9,12,16H,3-5,8,10,14H2. The van der Waals surface area contributed by atoms with Crippen molar-refractivity contribution in [2.24, 2.45) is 11.7 Å². The molecule has 20 heavy (non-hydrogen) atoms. The number of nitrogens with two attached hydrogens (primary N) is 1. The number of hydrogen-bond donors (Lipinski definition) is 2. The predicted molar refractivity (Wildman–Crippen MR) is 74.3 cm³/mol. The number of ether oxygens (including phenoxy) is 1. The average Bonchev–Trinajstić information content (AvgIpc) is 2.97. The Morgan fingerprint density at radius 1 is 1.50 bits per heavy atom. The van der Waals surface area contributed by atoms with E-state index in [4.69, 9.17) is 10.5 Å². The highest BCUT2D eigenvalue weighted by Crippen LogP contribution is 2.13. The van der Waals surface area contributed by atoms with Crippen molar-refractivity contribution in [3.8, 4) is 11.8 Å². The van der Waals surface area contributed by atoms with Crippen LogP contribution in [-0.2, 0) is 14.8 Å². The van der Waals surface area contributed by atoms with Crippen LogP contribution >= 0.6 is 0 Å². The number of sulfonamides is 1. The smallest absolute Gasteiger partial charge is 0.242 e. The fraction of sp³-hybridized carbons (Fsp3) is 0.462. The molecule has 0 spiro atoms. The molecule has 1 aliphatic heterocycles. The van der Waals surface area contributed by atoms with Gasteiger partial charge in [0.25, 0.3) is 0 Å². The first-order valence-corrected chi connectivity index (χ1v) is 7.81. The first-order chi connectivity index (χ1) is 9.62. The topological polar surface area (TPSA) is 94.3 Å². The van der Waals surface area contributed by atoms with E-state index in [9.17, 15) is 8.42 Å². The summed E-state index contributed by atoms with van der Waals surface area (Å²) in [7, 11) is -3.56. The van der Waals surface area contributed by atoms with Gasteiger partial charge in [0.05, 0.1) is 13.2 Å². The van der Waals surface area contributed by atoms with E-state index in [1.807, 2.05) is 0 Å². The molecule has 0 aliphatic carbocycles. The van der Waals surface area contributed by atoms with Crippen LogP contribution in [0.15, 0.2) is 23.4 Å². The Kier molecular flexibility index (Phi) is 5.09. The number of nitrogens with zero attached hydrogens (tertiary/aromatic N) is 1. The summed E-state index contributed by atoms with van der Waals surface area (Å²) >= 11 is 0. The predicted octanol–water partition coefficient (Wildman–Crippen LogP) is -0.293. The van der Waals surface area contributed by atoms with Crippen LogP contribution in [-0.4, -0.2) is 39.7 Å². The Morgan fingerprint density at radius 2 is 2.35 bits per heavy atom. The van der Waals surface area contributed by atoms with E-state index in [0.717, 1.165) is 6.42 Å². The second-order valence-corrected chi connectivity index (χ2v) is 6.26. The van der Waals surface area contributed by atoms with Gasteiger partial charge in [-0.2, -0.15) is 0 Å². The summed E-state index contributed by atoms with van der Waals surface area (Å²) in [5.41, 5.74) is 5.81. The molecule has 2 rings (SSSR count). The summed E-state index contributed by atoms with van der Waals surface area (Å²) in [6.07, 6.45) is 3.69. The first-order valence-electron chi connectivity index (χ1n) is 6.33. The van der Waals surface area contributed by atoms with E-state index in [-0.39, 0.29) is 17.4 Å². The Labute approximate surface area is 118 Å². The maximum atomic E-state index is 12.2. The minimum atomic E-state index is -3.56. The Balaban J connectivity index is 2.08. The van der Waals surface area contributed by atoms with Crippen LogP contribution in [0.5, 0.6) is 0 Å². The largest absolute Gasteiger partial charge is 0.381 e. The number of hydrogen-bond acceptors (Lipinski definition) is 5. The highest BCUT2D eigenvalue weighted by atomic mass is 32.2. The molecule has 1 aliphatic rings. The van der Waals surface area contributed by atoms with Crippen molar-refractivity contribution in [2.45, 2.75) is 11.3 Å². The molecule has 108 valence electrons. The summed E-state index contributed by atoms with van der Waals surface area (Å²) in [5, 5.41) is 0. The van der Waals surface area contributed by atoms with Gasteiger partial charge in [-0.05, 0) is 18.4 Å². The molecule has 0 saturated carbocycles. The lowest BCUT2D eigenvalue weighted by Crippen LogP contribution is -2.29. The van der Waals surface area contributed by atoms with Crippen molar-refractivity contribution in [1.82, 2.24) is 9.71 Å². The highest BCUT2D eigenvalue weighted by molar-refractivity contribution is 7.89. The highest BCUT2D eigenvalue weighted by Gasteiger charge is 2.20. The Bertz CT molecular complexity index is 613. The van der Waals surface area contributed by atoms with Gasteiger partial charge < -0.3 is 10.5 Å². The van der Waals surface area contributed by atoms with Crippen LogP contribution in [0.25, 0.3) is 0 Å². The molecule has 1 aromatic heterocycles. The quantitative estimate of drug-likeness (QED) is 0.744. The first kappa shape index (κ1) is 14.9. The minimum Gasteiger partial charge on any atom is -0.381 e. The maximum absolute atomic E-state index is 12.2. The van der Waals surface area contributed by atoms with Gasteiger partial charge in [-0.15, -0.1) is 0 Å². The molecule has 2 heterocycles. The SMILES string of the molecule is NCC#Cc1cncc(S(=O)(=O)NCC2CCOC2)c1. The molecule has 1 atom stereocenters. The third-order valence-electron chi connectivity index (χ3n) is 2.94. The lowest BCUT2D eigenvalue weighted by Gasteiger charge is -2.10. The molecule has 1 unspecified atom stereocenters. The van der Waals surface area contributed by atoms with Crippen molar-refractivity contribution >= 4 is 10.0 Å². The maximum Gasteiger partial charge on any atom is 0.242 e. The zero-order valence-electron chi connectivity index (χ0n) is 11.0. The monoisotopic (exact) mass is 295 g/mol. The van der Waals surface area contributed by atoms with Crippen molar-refractivity contribution in [2.75, 3.05) is 26.3 Å². The third kappa shape index (κ3) is 4.02. The minimum absolute atomic E-state index is 0.111. The molecule has 1 saturated heterocycles. The Morgan fingerprint density at radius 3 is 3.05 bits per heavy atom. The van der Waals surface area contributed by atoms with Gasteiger partial charge in [0.2, 0.25) is 10.0 Å². The van der Waals surface area contributed by atoms with Crippen molar-refractivity contribution < 1.29 is 13.2 Å². The van der Waals surface area contributed by atoms with Gasteiger partial charge in [-0.25, -0.2) is 13.1 Å². The van der Waals surface area contributed by atoms with Crippen LogP contribution < -0.4 is 10.5 Å². The van der Waals surface area contributed by atoms with Gasteiger partial charge >= 0.3 is 0 Å². The lowest BCUT2D eigenvalue weighted by atomic mass is 10.1. The molecular weight excluding hydrogens is 278 g/mol. The lowest BCUT2D eigenvalue weighted by molar-refractivity contribution is 0.186. The normalized spacial score (nSPS) is 18.6. The summed E-state index contributed by atoms with van der Waals surface area (Å²) in [6.45, 7) is 1.89. The summed E-state index contributed by atoms with van der Waals surface area (Å²) < 4.78 is 32.1. The molecular formula is C13H17N3O3S. The average molecular weight is 295 g/mol. The molecule has 0 aromatic carbocycles. The molecule has 0 bridgehead atoms. The number of pyridine rings is 1. The van der Waals surface area contributed by atoms with Gasteiger partial charge in [0, 0.05) is 31.1 Å². The number of rotatable bonds is 4. The van der Waals surface area contributed by atoms with Crippen LogP contribution in [0.2, 0.25) is 0 Å².